The maximum atomic E-state index is 11.0. The second-order valence-electron chi connectivity index (χ2n) is 2.98. The smallest absolute Gasteiger partial charge is 0.159 e. The van der Waals surface area contributed by atoms with E-state index in [1.54, 1.807) is 12.1 Å². The average Bonchev–Trinajstić information content (AvgIpc) is 2.15. The van der Waals surface area contributed by atoms with E-state index in [9.17, 15) is 4.79 Å². The van der Waals surface area contributed by atoms with E-state index < -0.39 is 0 Å². The monoisotopic (exact) mass is 207 g/mol. The lowest BCUT2D eigenvalue weighted by atomic mass is 10.1. The summed E-state index contributed by atoms with van der Waals surface area (Å²) >= 11 is 4.06. The topological polar surface area (TPSA) is 43.1 Å². The van der Waals surface area contributed by atoms with Crippen LogP contribution in [0.1, 0.15) is 22.8 Å². The highest BCUT2D eigenvalue weighted by Gasteiger charge is 2.01. The highest BCUT2D eigenvalue weighted by Crippen LogP contribution is 2.16. The van der Waals surface area contributed by atoms with E-state index in [1.807, 2.05) is 18.2 Å². The molecule has 1 rings (SSSR count). The van der Waals surface area contributed by atoms with Gasteiger partial charge in [0.15, 0.2) is 5.78 Å². The first-order valence-corrected chi connectivity index (χ1v) is 4.96. The fraction of sp³-hybridized carbons (Fsp3) is 0.182. The van der Waals surface area contributed by atoms with Crippen molar-refractivity contribution in [3.8, 4) is 0 Å². The molecular formula is C11H13NOS. The Hall–Kier alpha value is -1.22. The molecule has 0 amide bonds. The fourth-order valence-electron chi connectivity index (χ4n) is 1.13. The van der Waals surface area contributed by atoms with Crippen molar-refractivity contribution in [1.82, 2.24) is 0 Å². The van der Waals surface area contributed by atoms with E-state index in [2.05, 4.69) is 12.6 Å². The van der Waals surface area contributed by atoms with Crippen LogP contribution in [-0.4, -0.2) is 11.5 Å². The molecule has 0 fully saturated rings. The molecule has 14 heavy (non-hydrogen) atoms. The highest BCUT2D eigenvalue weighted by molar-refractivity contribution is 7.80. The first kappa shape index (κ1) is 10.9. The molecule has 0 spiro atoms. The number of anilines is 1. The van der Waals surface area contributed by atoms with E-state index in [1.165, 1.54) is 6.92 Å². The summed E-state index contributed by atoms with van der Waals surface area (Å²) < 4.78 is 0. The molecule has 0 bridgehead atoms. The van der Waals surface area contributed by atoms with E-state index in [0.29, 0.717) is 17.0 Å². The number of carbonyl (C=O) groups excluding carboxylic acids is 1. The minimum Gasteiger partial charge on any atom is -0.398 e. The van der Waals surface area contributed by atoms with Gasteiger partial charge in [-0.25, -0.2) is 0 Å². The third-order valence-electron chi connectivity index (χ3n) is 1.90. The molecule has 0 atom stereocenters. The maximum Gasteiger partial charge on any atom is 0.159 e. The Morgan fingerprint density at radius 3 is 2.79 bits per heavy atom. The summed E-state index contributed by atoms with van der Waals surface area (Å²) in [6, 6.07) is 5.31. The van der Waals surface area contributed by atoms with Gasteiger partial charge >= 0.3 is 0 Å². The Bertz CT molecular complexity index is 372. The molecule has 2 N–H and O–H groups in total. The maximum absolute atomic E-state index is 11.0. The van der Waals surface area contributed by atoms with Crippen LogP contribution in [0.5, 0.6) is 0 Å². The van der Waals surface area contributed by atoms with Crippen molar-refractivity contribution in [2.75, 3.05) is 11.5 Å². The van der Waals surface area contributed by atoms with Crippen LogP contribution >= 0.6 is 12.6 Å². The minimum atomic E-state index is 0.0291. The van der Waals surface area contributed by atoms with Gasteiger partial charge in [-0.3, -0.25) is 4.79 Å². The predicted octanol–water partition coefficient (Wildman–Crippen LogP) is 2.41. The molecule has 0 saturated carbocycles. The van der Waals surface area contributed by atoms with Crippen molar-refractivity contribution in [3.05, 3.63) is 35.4 Å². The molecule has 0 unspecified atom stereocenters. The third kappa shape index (κ3) is 2.64. The number of Topliss-reactive ketones (excluding diaryl/α,β-unsaturated/α-hetero) is 1. The molecule has 0 saturated heterocycles. The zero-order valence-electron chi connectivity index (χ0n) is 8.03. The molecular weight excluding hydrogens is 194 g/mol. The molecule has 1 aromatic carbocycles. The van der Waals surface area contributed by atoms with Crippen LogP contribution in [0, 0.1) is 0 Å². The Kier molecular flexibility index (Phi) is 3.77. The Morgan fingerprint density at radius 1 is 1.57 bits per heavy atom. The summed E-state index contributed by atoms with van der Waals surface area (Å²) in [5.41, 5.74) is 7.96. The second-order valence-corrected chi connectivity index (χ2v) is 3.35. The third-order valence-corrected chi connectivity index (χ3v) is 2.11. The van der Waals surface area contributed by atoms with Crippen molar-refractivity contribution < 1.29 is 4.79 Å². The fourth-order valence-corrected chi connectivity index (χ4v) is 1.23. The molecule has 0 aliphatic rings. The minimum absolute atomic E-state index is 0.0291. The molecule has 0 aliphatic heterocycles. The van der Waals surface area contributed by atoms with Gasteiger partial charge in [0.1, 0.15) is 0 Å². The zero-order valence-corrected chi connectivity index (χ0v) is 8.92. The van der Waals surface area contributed by atoms with Gasteiger partial charge < -0.3 is 5.73 Å². The largest absolute Gasteiger partial charge is 0.398 e. The van der Waals surface area contributed by atoms with E-state index in [0.717, 1.165) is 5.56 Å². The van der Waals surface area contributed by atoms with Crippen LogP contribution in [0.15, 0.2) is 24.3 Å². The lowest BCUT2D eigenvalue weighted by molar-refractivity contribution is 0.101. The second kappa shape index (κ2) is 4.86. The summed E-state index contributed by atoms with van der Waals surface area (Å²) in [6.07, 6.45) is 3.80. The standard InChI is InChI=1S/C11H13NOS/c1-8(13)10-5-4-9(3-2-6-14)11(12)7-10/h2-5,7,14H,6,12H2,1H3. The van der Waals surface area contributed by atoms with Crippen LogP contribution in [0.3, 0.4) is 0 Å². The first-order chi connectivity index (χ1) is 6.65. The van der Waals surface area contributed by atoms with Gasteiger partial charge in [0.05, 0.1) is 0 Å². The van der Waals surface area contributed by atoms with E-state index in [4.69, 9.17) is 5.73 Å². The van der Waals surface area contributed by atoms with Crippen molar-refractivity contribution in [2.45, 2.75) is 6.92 Å². The quantitative estimate of drug-likeness (QED) is 0.454. The number of thiol groups is 1. The Balaban J connectivity index is 3.01. The molecule has 3 heteroatoms. The number of carbonyl (C=O) groups is 1. The van der Waals surface area contributed by atoms with Gasteiger partial charge in [0, 0.05) is 17.0 Å². The first-order valence-electron chi connectivity index (χ1n) is 4.33. The summed E-state index contributed by atoms with van der Waals surface area (Å²) in [6.45, 7) is 1.53. The van der Waals surface area contributed by atoms with Crippen molar-refractivity contribution in [3.63, 3.8) is 0 Å². The normalized spacial score (nSPS) is 10.7. The molecule has 0 heterocycles. The SMILES string of the molecule is CC(=O)c1ccc(C=CCS)c(N)c1. The van der Waals surface area contributed by atoms with Crippen LogP contribution in [0.4, 0.5) is 5.69 Å². The Labute approximate surface area is 89.2 Å². The van der Waals surface area contributed by atoms with E-state index >= 15 is 0 Å². The number of ketones is 1. The van der Waals surface area contributed by atoms with Gasteiger partial charge in [0.25, 0.3) is 0 Å². The lowest BCUT2D eigenvalue weighted by Crippen LogP contribution is -1.96. The van der Waals surface area contributed by atoms with Crippen molar-refractivity contribution >= 4 is 30.2 Å². The van der Waals surface area contributed by atoms with Gasteiger partial charge in [-0.1, -0.05) is 24.3 Å². The summed E-state index contributed by atoms with van der Waals surface area (Å²) in [7, 11) is 0. The summed E-state index contributed by atoms with van der Waals surface area (Å²) in [5.74, 6) is 0.704. The van der Waals surface area contributed by atoms with Gasteiger partial charge in [0.2, 0.25) is 0 Å². The summed E-state index contributed by atoms with van der Waals surface area (Å²) in [5, 5.41) is 0. The summed E-state index contributed by atoms with van der Waals surface area (Å²) in [4.78, 5) is 11.0. The van der Waals surface area contributed by atoms with Gasteiger partial charge in [-0.05, 0) is 18.6 Å². The van der Waals surface area contributed by atoms with E-state index in [-0.39, 0.29) is 5.78 Å². The van der Waals surface area contributed by atoms with Crippen LogP contribution in [0.2, 0.25) is 0 Å². The van der Waals surface area contributed by atoms with Gasteiger partial charge in [-0.2, -0.15) is 12.6 Å². The van der Waals surface area contributed by atoms with Crippen LogP contribution < -0.4 is 5.73 Å². The molecule has 0 aromatic heterocycles. The lowest BCUT2D eigenvalue weighted by Gasteiger charge is -2.02. The Morgan fingerprint density at radius 2 is 2.29 bits per heavy atom. The molecule has 2 nitrogen and oxygen atoms in total. The van der Waals surface area contributed by atoms with Crippen molar-refractivity contribution in [1.29, 1.82) is 0 Å². The zero-order chi connectivity index (χ0) is 10.6. The predicted molar refractivity (Wildman–Crippen MR) is 63.7 cm³/mol. The number of rotatable bonds is 3. The van der Waals surface area contributed by atoms with Crippen LogP contribution in [0.25, 0.3) is 6.08 Å². The number of hydrogen-bond donors (Lipinski definition) is 2. The number of nitrogen functional groups attached to an aromatic ring is 1. The number of hydrogen-bond acceptors (Lipinski definition) is 3. The number of benzene rings is 1. The molecule has 1 aromatic rings. The number of nitrogens with two attached hydrogens (primary N) is 1. The van der Waals surface area contributed by atoms with Crippen molar-refractivity contribution in [2.24, 2.45) is 0 Å². The average molecular weight is 207 g/mol. The van der Waals surface area contributed by atoms with Crippen LogP contribution in [-0.2, 0) is 0 Å². The highest BCUT2D eigenvalue weighted by atomic mass is 32.1. The molecule has 0 aliphatic carbocycles. The molecule has 74 valence electrons. The molecule has 0 radical (unpaired) electrons. The van der Waals surface area contributed by atoms with Gasteiger partial charge in [-0.15, -0.1) is 0 Å².